The summed E-state index contributed by atoms with van der Waals surface area (Å²) in [4.78, 5) is 12.8. The first kappa shape index (κ1) is 17.0. The largest absolute Gasteiger partial charge is 0.495 e. The van der Waals surface area contributed by atoms with Crippen LogP contribution in [0.15, 0.2) is 18.2 Å². The molecule has 4 nitrogen and oxygen atoms in total. The minimum Gasteiger partial charge on any atom is -0.495 e. The third-order valence-corrected chi connectivity index (χ3v) is 6.65. The lowest BCUT2D eigenvalue weighted by Gasteiger charge is -2.57. The summed E-state index contributed by atoms with van der Waals surface area (Å²) in [5.74, 6) is 3.22. The molecule has 5 heteroatoms. The van der Waals surface area contributed by atoms with E-state index in [-0.39, 0.29) is 17.5 Å². The molecule has 0 radical (unpaired) electrons. The fourth-order valence-electron chi connectivity index (χ4n) is 5.71. The molecule has 4 aliphatic rings. The van der Waals surface area contributed by atoms with E-state index in [1.807, 2.05) is 19.1 Å². The van der Waals surface area contributed by atoms with E-state index in [9.17, 15) is 4.79 Å². The van der Waals surface area contributed by atoms with Crippen LogP contribution in [-0.2, 0) is 4.79 Å². The molecule has 1 amide bonds. The van der Waals surface area contributed by atoms with E-state index in [1.165, 1.54) is 38.5 Å². The Hall–Kier alpha value is -1.42. The van der Waals surface area contributed by atoms with E-state index >= 15 is 0 Å². The summed E-state index contributed by atoms with van der Waals surface area (Å²) in [7, 11) is 1.59. The molecule has 4 aliphatic carbocycles. The zero-order valence-corrected chi connectivity index (χ0v) is 15.7. The fourth-order valence-corrected chi connectivity index (χ4v) is 5.96. The van der Waals surface area contributed by atoms with Crippen LogP contribution in [0, 0.1) is 17.8 Å². The second-order valence-electron chi connectivity index (χ2n) is 8.40. The summed E-state index contributed by atoms with van der Waals surface area (Å²) in [5.41, 5.74) is 0.887. The van der Waals surface area contributed by atoms with Gasteiger partial charge in [-0.15, -0.1) is 0 Å². The Labute approximate surface area is 154 Å². The van der Waals surface area contributed by atoms with E-state index in [4.69, 9.17) is 16.3 Å². The van der Waals surface area contributed by atoms with Crippen LogP contribution in [0.25, 0.3) is 0 Å². The number of carbonyl (C=O) groups is 1. The number of halogens is 1. The average Bonchev–Trinajstić information content (AvgIpc) is 2.53. The lowest BCUT2D eigenvalue weighted by Crippen LogP contribution is -2.61. The molecule has 1 aromatic rings. The summed E-state index contributed by atoms with van der Waals surface area (Å²) in [6, 6.07) is 5.21. The topological polar surface area (TPSA) is 50.4 Å². The summed E-state index contributed by atoms with van der Waals surface area (Å²) < 4.78 is 5.17. The van der Waals surface area contributed by atoms with Crippen molar-refractivity contribution < 1.29 is 9.53 Å². The van der Waals surface area contributed by atoms with Crippen LogP contribution in [0.1, 0.15) is 45.4 Å². The predicted octanol–water partition coefficient (Wildman–Crippen LogP) is 4.23. The smallest absolute Gasteiger partial charge is 0.242 e. The lowest BCUT2D eigenvalue weighted by molar-refractivity contribution is -0.127. The molecule has 4 bridgehead atoms. The van der Waals surface area contributed by atoms with Gasteiger partial charge in [0.25, 0.3) is 0 Å². The zero-order chi connectivity index (χ0) is 17.6. The van der Waals surface area contributed by atoms with Gasteiger partial charge in [-0.3, -0.25) is 4.79 Å². The van der Waals surface area contributed by atoms with Gasteiger partial charge in [-0.2, -0.15) is 0 Å². The minimum atomic E-state index is -0.294. The van der Waals surface area contributed by atoms with Crippen molar-refractivity contribution in [2.45, 2.75) is 57.0 Å². The molecular weight excluding hydrogens is 336 g/mol. The van der Waals surface area contributed by atoms with Crippen molar-refractivity contribution in [2.24, 2.45) is 17.8 Å². The quantitative estimate of drug-likeness (QED) is 0.823. The number of carbonyl (C=O) groups excluding carboxylic acids is 1. The van der Waals surface area contributed by atoms with Gasteiger partial charge in [0, 0.05) is 11.2 Å². The normalized spacial score (nSPS) is 33.8. The maximum absolute atomic E-state index is 12.8. The van der Waals surface area contributed by atoms with Gasteiger partial charge >= 0.3 is 0 Å². The first-order valence-corrected chi connectivity index (χ1v) is 9.76. The number of nitrogens with one attached hydrogen (secondary N) is 2. The average molecular weight is 363 g/mol. The molecule has 0 unspecified atom stereocenters. The van der Waals surface area contributed by atoms with Crippen molar-refractivity contribution in [3.63, 3.8) is 0 Å². The Balaban J connectivity index is 1.40. The Morgan fingerprint density at radius 1 is 1.20 bits per heavy atom. The van der Waals surface area contributed by atoms with Crippen LogP contribution in [0.4, 0.5) is 5.69 Å². The zero-order valence-electron chi connectivity index (χ0n) is 15.0. The lowest BCUT2D eigenvalue weighted by atomic mass is 9.53. The molecule has 0 aliphatic heterocycles. The molecule has 4 saturated carbocycles. The highest BCUT2D eigenvalue weighted by Crippen LogP contribution is 2.55. The van der Waals surface area contributed by atoms with Gasteiger partial charge in [-0.1, -0.05) is 11.6 Å². The Morgan fingerprint density at radius 2 is 1.80 bits per heavy atom. The number of hydrogen-bond donors (Lipinski definition) is 2. The molecule has 5 rings (SSSR count). The molecule has 25 heavy (non-hydrogen) atoms. The molecule has 2 N–H and O–H groups in total. The number of anilines is 1. The van der Waals surface area contributed by atoms with Crippen molar-refractivity contribution in [3.8, 4) is 5.75 Å². The molecule has 1 aromatic carbocycles. The molecule has 0 heterocycles. The summed E-state index contributed by atoms with van der Waals surface area (Å²) in [5, 5.41) is 7.23. The summed E-state index contributed by atoms with van der Waals surface area (Å²) >= 11 is 6.17. The second kappa shape index (κ2) is 6.39. The van der Waals surface area contributed by atoms with Gasteiger partial charge in [-0.25, -0.2) is 0 Å². The van der Waals surface area contributed by atoms with Crippen LogP contribution >= 0.6 is 11.6 Å². The molecule has 4 fully saturated rings. The number of benzene rings is 1. The van der Waals surface area contributed by atoms with Gasteiger partial charge in [0.15, 0.2) is 0 Å². The van der Waals surface area contributed by atoms with Crippen LogP contribution < -0.4 is 15.4 Å². The number of amides is 1. The van der Waals surface area contributed by atoms with Crippen molar-refractivity contribution in [1.82, 2.24) is 5.32 Å². The van der Waals surface area contributed by atoms with Crippen LogP contribution in [0.3, 0.4) is 0 Å². The molecule has 0 spiro atoms. The fraction of sp³-hybridized carbons (Fsp3) is 0.650. The SMILES string of the molecule is COc1ccc(N[C@@H](C)C(=O)NC23CC4CC(CC(C4)C2)C3)cc1Cl. The second-order valence-corrected chi connectivity index (χ2v) is 8.81. The van der Waals surface area contributed by atoms with Crippen LogP contribution in [0.2, 0.25) is 5.02 Å². The number of rotatable bonds is 5. The summed E-state index contributed by atoms with van der Waals surface area (Å²) in [6.07, 6.45) is 7.66. The molecule has 136 valence electrons. The minimum absolute atomic E-state index is 0.0549. The first-order valence-electron chi connectivity index (χ1n) is 9.38. The Morgan fingerprint density at radius 3 is 2.32 bits per heavy atom. The molecule has 1 atom stereocenters. The number of methoxy groups -OCH3 is 1. The van der Waals surface area contributed by atoms with Gasteiger partial charge in [0.1, 0.15) is 11.8 Å². The molecule has 0 saturated heterocycles. The van der Waals surface area contributed by atoms with E-state index in [2.05, 4.69) is 10.6 Å². The van der Waals surface area contributed by atoms with Gasteiger partial charge in [0.2, 0.25) is 5.91 Å². The van der Waals surface area contributed by atoms with Crippen molar-refractivity contribution in [2.75, 3.05) is 12.4 Å². The Kier molecular flexibility index (Phi) is 4.35. The number of ether oxygens (including phenoxy) is 1. The van der Waals surface area contributed by atoms with E-state index in [0.29, 0.717) is 10.8 Å². The van der Waals surface area contributed by atoms with E-state index < -0.39 is 0 Å². The molecule has 0 aromatic heterocycles. The van der Waals surface area contributed by atoms with Crippen LogP contribution in [-0.4, -0.2) is 24.6 Å². The van der Waals surface area contributed by atoms with Crippen molar-refractivity contribution in [3.05, 3.63) is 23.2 Å². The third-order valence-electron chi connectivity index (χ3n) is 6.35. The summed E-state index contributed by atoms with van der Waals surface area (Å²) in [6.45, 7) is 1.91. The van der Waals surface area contributed by atoms with Crippen molar-refractivity contribution >= 4 is 23.2 Å². The van der Waals surface area contributed by atoms with E-state index in [1.54, 1.807) is 13.2 Å². The maximum Gasteiger partial charge on any atom is 0.242 e. The Bertz CT molecular complexity index is 640. The highest BCUT2D eigenvalue weighted by Gasteiger charge is 2.51. The van der Waals surface area contributed by atoms with Gasteiger partial charge in [-0.05, 0) is 81.4 Å². The van der Waals surface area contributed by atoms with Gasteiger partial charge in [0.05, 0.1) is 12.1 Å². The highest BCUT2D eigenvalue weighted by atomic mass is 35.5. The maximum atomic E-state index is 12.8. The predicted molar refractivity (Wildman–Crippen MR) is 100 cm³/mol. The first-order chi connectivity index (χ1) is 12.0. The highest BCUT2D eigenvalue weighted by molar-refractivity contribution is 6.32. The van der Waals surface area contributed by atoms with E-state index in [0.717, 1.165) is 23.4 Å². The number of hydrogen-bond acceptors (Lipinski definition) is 3. The third kappa shape index (κ3) is 3.33. The van der Waals surface area contributed by atoms with Crippen molar-refractivity contribution in [1.29, 1.82) is 0 Å². The monoisotopic (exact) mass is 362 g/mol. The van der Waals surface area contributed by atoms with Gasteiger partial charge < -0.3 is 15.4 Å². The van der Waals surface area contributed by atoms with Crippen LogP contribution in [0.5, 0.6) is 5.75 Å². The standard InChI is InChI=1S/C20H27ClN2O2/c1-12(22-16-3-4-18(25-2)17(21)8-16)19(24)23-20-9-13-5-14(10-20)7-15(6-13)11-20/h3-4,8,12-15,22H,5-7,9-11H2,1-2H3,(H,23,24)/t12-,13?,14?,15?,20?/m0/s1. The molecular formula is C20H27ClN2O2.